The second-order valence-corrected chi connectivity index (χ2v) is 3.34. The van der Waals surface area contributed by atoms with Crippen LogP contribution in [-0.2, 0) is 0 Å². The normalized spacial score (nSPS) is 22.3. The summed E-state index contributed by atoms with van der Waals surface area (Å²) in [5.41, 5.74) is 8.23. The maximum atomic E-state index is 8.23. The molecule has 0 amide bonds. The predicted molar refractivity (Wildman–Crippen MR) is 45.2 cm³/mol. The maximum absolute atomic E-state index is 8.23. The van der Waals surface area contributed by atoms with Crippen molar-refractivity contribution in [3.63, 3.8) is 0 Å². The van der Waals surface area contributed by atoms with Crippen LogP contribution in [-0.4, -0.2) is 6.04 Å². The molecule has 0 aromatic rings. The van der Waals surface area contributed by atoms with E-state index in [1.165, 1.54) is 32.1 Å². The van der Waals surface area contributed by atoms with Crippen LogP contribution in [0, 0.1) is 5.92 Å². The van der Waals surface area contributed by atoms with Crippen LogP contribution in [0.1, 0.15) is 39.0 Å². The van der Waals surface area contributed by atoms with Gasteiger partial charge in [0, 0.05) is 11.0 Å². The molecule has 1 aliphatic rings. The molecular formula is C8H15N3. The Kier molecular flexibility index (Phi) is 3.24. The first-order valence-corrected chi connectivity index (χ1v) is 4.39. The van der Waals surface area contributed by atoms with Gasteiger partial charge in [0.2, 0.25) is 0 Å². The third kappa shape index (κ3) is 2.43. The fourth-order valence-corrected chi connectivity index (χ4v) is 1.79. The molecule has 11 heavy (non-hydrogen) atoms. The Hall–Kier alpha value is -0.690. The van der Waals surface area contributed by atoms with Gasteiger partial charge < -0.3 is 0 Å². The van der Waals surface area contributed by atoms with Crippen molar-refractivity contribution in [2.45, 2.75) is 45.1 Å². The Bertz CT molecular complexity index is 155. The van der Waals surface area contributed by atoms with Gasteiger partial charge in [-0.15, -0.1) is 0 Å². The highest BCUT2D eigenvalue weighted by Gasteiger charge is 2.18. The first kappa shape index (κ1) is 8.41. The van der Waals surface area contributed by atoms with Crippen LogP contribution < -0.4 is 0 Å². The third-order valence-corrected chi connectivity index (χ3v) is 2.57. The Morgan fingerprint density at radius 3 is 2.55 bits per heavy atom. The fourth-order valence-electron chi connectivity index (χ4n) is 1.79. The van der Waals surface area contributed by atoms with Crippen LogP contribution >= 0.6 is 0 Å². The third-order valence-electron chi connectivity index (χ3n) is 2.57. The zero-order valence-electron chi connectivity index (χ0n) is 7.03. The lowest BCUT2D eigenvalue weighted by Gasteiger charge is -2.24. The van der Waals surface area contributed by atoms with Gasteiger partial charge in [-0.1, -0.05) is 44.1 Å². The molecule has 3 heteroatoms. The minimum atomic E-state index is 0.209. The minimum Gasteiger partial charge on any atom is -0.0906 e. The summed E-state index contributed by atoms with van der Waals surface area (Å²) in [5, 5.41) is 3.73. The molecule has 1 fully saturated rings. The van der Waals surface area contributed by atoms with Crippen LogP contribution in [0.4, 0.5) is 0 Å². The zero-order valence-corrected chi connectivity index (χ0v) is 7.03. The number of hydrogen-bond acceptors (Lipinski definition) is 1. The summed E-state index contributed by atoms with van der Waals surface area (Å²) < 4.78 is 0. The molecule has 0 bridgehead atoms. The van der Waals surface area contributed by atoms with Crippen LogP contribution in [0.2, 0.25) is 0 Å². The lowest BCUT2D eigenvalue weighted by molar-refractivity contribution is 0.316. The van der Waals surface area contributed by atoms with Crippen LogP contribution in [0.5, 0.6) is 0 Å². The molecule has 0 aliphatic heterocycles. The van der Waals surface area contributed by atoms with E-state index in [-0.39, 0.29) is 6.04 Å². The molecule has 1 saturated carbocycles. The topological polar surface area (TPSA) is 48.8 Å². The van der Waals surface area contributed by atoms with E-state index < -0.39 is 0 Å². The van der Waals surface area contributed by atoms with Crippen molar-refractivity contribution >= 4 is 0 Å². The quantitative estimate of drug-likeness (QED) is 0.332. The van der Waals surface area contributed by atoms with E-state index in [9.17, 15) is 0 Å². The Morgan fingerprint density at radius 2 is 2.00 bits per heavy atom. The number of hydrogen-bond donors (Lipinski definition) is 0. The maximum Gasteiger partial charge on any atom is 0.0374 e. The van der Waals surface area contributed by atoms with E-state index in [2.05, 4.69) is 10.0 Å². The average Bonchev–Trinajstić information content (AvgIpc) is 2.07. The predicted octanol–water partition coefficient (Wildman–Crippen LogP) is 3.27. The molecule has 0 saturated heterocycles. The van der Waals surface area contributed by atoms with Crippen molar-refractivity contribution < 1.29 is 0 Å². The first-order chi connectivity index (χ1) is 5.34. The van der Waals surface area contributed by atoms with Crippen molar-refractivity contribution in [1.29, 1.82) is 0 Å². The molecule has 0 spiro atoms. The lowest BCUT2D eigenvalue weighted by atomic mass is 9.85. The van der Waals surface area contributed by atoms with Gasteiger partial charge in [0.25, 0.3) is 0 Å². The second-order valence-electron chi connectivity index (χ2n) is 3.34. The van der Waals surface area contributed by atoms with Crippen LogP contribution in [0.15, 0.2) is 5.11 Å². The molecule has 0 radical (unpaired) electrons. The highest BCUT2D eigenvalue weighted by atomic mass is 15.1. The lowest BCUT2D eigenvalue weighted by Crippen LogP contribution is -2.17. The van der Waals surface area contributed by atoms with Gasteiger partial charge in [0.15, 0.2) is 0 Å². The molecule has 0 N–H and O–H groups in total. The van der Waals surface area contributed by atoms with Crippen molar-refractivity contribution in [3.05, 3.63) is 10.4 Å². The van der Waals surface area contributed by atoms with E-state index in [1.807, 2.05) is 6.92 Å². The summed E-state index contributed by atoms with van der Waals surface area (Å²) in [6, 6.07) is 0.209. The van der Waals surface area contributed by atoms with E-state index >= 15 is 0 Å². The SMILES string of the molecule is C[C@@H](N=[N+]=[N-])C1CCCCC1. The highest BCUT2D eigenvalue weighted by Crippen LogP contribution is 2.27. The van der Waals surface area contributed by atoms with Gasteiger partial charge in [-0.05, 0) is 11.4 Å². The summed E-state index contributed by atoms with van der Waals surface area (Å²) >= 11 is 0. The summed E-state index contributed by atoms with van der Waals surface area (Å²) in [6.45, 7) is 2.02. The number of nitrogens with zero attached hydrogens (tertiary/aromatic N) is 3. The summed E-state index contributed by atoms with van der Waals surface area (Å²) in [4.78, 5) is 2.84. The Balaban J connectivity index is 2.38. The highest BCUT2D eigenvalue weighted by molar-refractivity contribution is 4.75. The van der Waals surface area contributed by atoms with Gasteiger partial charge in [0.05, 0.1) is 0 Å². The first-order valence-electron chi connectivity index (χ1n) is 4.39. The van der Waals surface area contributed by atoms with Crippen LogP contribution in [0.3, 0.4) is 0 Å². The smallest absolute Gasteiger partial charge is 0.0374 e. The number of rotatable bonds is 2. The Labute approximate surface area is 67.4 Å². The van der Waals surface area contributed by atoms with Gasteiger partial charge in [0.1, 0.15) is 0 Å². The molecule has 0 heterocycles. The molecule has 0 aromatic heterocycles. The van der Waals surface area contributed by atoms with Gasteiger partial charge in [-0.2, -0.15) is 0 Å². The molecule has 1 rings (SSSR count). The summed E-state index contributed by atoms with van der Waals surface area (Å²) in [5.74, 6) is 0.652. The van der Waals surface area contributed by atoms with Crippen molar-refractivity contribution in [2.75, 3.05) is 0 Å². The van der Waals surface area contributed by atoms with E-state index in [1.54, 1.807) is 0 Å². The van der Waals surface area contributed by atoms with Gasteiger partial charge >= 0.3 is 0 Å². The van der Waals surface area contributed by atoms with E-state index in [0.717, 1.165) is 0 Å². The molecule has 62 valence electrons. The van der Waals surface area contributed by atoms with Crippen molar-refractivity contribution in [2.24, 2.45) is 11.0 Å². The minimum absolute atomic E-state index is 0.209. The van der Waals surface area contributed by atoms with E-state index in [0.29, 0.717) is 5.92 Å². The molecule has 3 nitrogen and oxygen atoms in total. The van der Waals surface area contributed by atoms with Crippen molar-refractivity contribution in [1.82, 2.24) is 0 Å². The molecule has 1 atom stereocenters. The average molecular weight is 153 g/mol. The molecule has 0 unspecified atom stereocenters. The molecule has 1 aliphatic carbocycles. The largest absolute Gasteiger partial charge is 0.0906 e. The monoisotopic (exact) mass is 153 g/mol. The van der Waals surface area contributed by atoms with Crippen LogP contribution in [0.25, 0.3) is 10.4 Å². The zero-order chi connectivity index (χ0) is 8.10. The fraction of sp³-hybridized carbons (Fsp3) is 1.00. The molecule has 0 aromatic carbocycles. The van der Waals surface area contributed by atoms with Crippen molar-refractivity contribution in [3.8, 4) is 0 Å². The Morgan fingerprint density at radius 1 is 1.36 bits per heavy atom. The second kappa shape index (κ2) is 4.24. The van der Waals surface area contributed by atoms with Gasteiger partial charge in [-0.25, -0.2) is 0 Å². The number of azide groups is 1. The van der Waals surface area contributed by atoms with Gasteiger partial charge in [-0.3, -0.25) is 0 Å². The molecular weight excluding hydrogens is 138 g/mol. The standard InChI is InChI=1S/C8H15N3/c1-7(10-11-9)8-5-3-2-4-6-8/h7-8H,2-6H2,1H3/t7-/m1/s1. The van der Waals surface area contributed by atoms with E-state index in [4.69, 9.17) is 5.53 Å². The summed E-state index contributed by atoms with van der Waals surface area (Å²) in [7, 11) is 0. The summed E-state index contributed by atoms with van der Waals surface area (Å²) in [6.07, 6.45) is 6.49.